The third-order valence-electron chi connectivity index (χ3n) is 2.02. The molecular weight excluding hydrogens is 182 g/mol. The van der Waals surface area contributed by atoms with Gasteiger partial charge in [-0.2, -0.15) is 0 Å². The summed E-state index contributed by atoms with van der Waals surface area (Å²) in [6.45, 7) is 3.64. The van der Waals surface area contributed by atoms with E-state index in [1.807, 2.05) is 6.92 Å². The van der Waals surface area contributed by atoms with Gasteiger partial charge < -0.3 is 5.73 Å². The van der Waals surface area contributed by atoms with E-state index in [9.17, 15) is 10.1 Å². The second-order valence-corrected chi connectivity index (χ2v) is 3.19. The van der Waals surface area contributed by atoms with Gasteiger partial charge in [0, 0.05) is 12.3 Å². The molecule has 0 aromatic carbocycles. The molecule has 5 heteroatoms. The molecule has 0 radical (unpaired) electrons. The highest BCUT2D eigenvalue weighted by atomic mass is 16.6. The standard InChI is InChI=1S/C9H13N3O2/c1-3-7(10)9-8(12(13)14)4-6(2)5-11-9/h4-5,7H,3,10H2,1-2H3/t7-/m0/s1. The molecule has 1 aromatic heterocycles. The van der Waals surface area contributed by atoms with Crippen molar-refractivity contribution < 1.29 is 4.92 Å². The average Bonchev–Trinajstić information content (AvgIpc) is 2.16. The van der Waals surface area contributed by atoms with Crippen LogP contribution >= 0.6 is 0 Å². The normalized spacial score (nSPS) is 12.5. The Hall–Kier alpha value is -1.49. The van der Waals surface area contributed by atoms with Crippen molar-refractivity contribution in [2.45, 2.75) is 26.3 Å². The first-order valence-corrected chi connectivity index (χ1v) is 4.42. The van der Waals surface area contributed by atoms with Crippen LogP contribution in [0.1, 0.15) is 30.6 Å². The first-order valence-electron chi connectivity index (χ1n) is 4.42. The third kappa shape index (κ3) is 2.05. The second kappa shape index (κ2) is 4.15. The highest BCUT2D eigenvalue weighted by Crippen LogP contribution is 2.23. The van der Waals surface area contributed by atoms with Crippen LogP contribution in [-0.2, 0) is 0 Å². The minimum Gasteiger partial charge on any atom is -0.322 e. The van der Waals surface area contributed by atoms with Gasteiger partial charge in [0.1, 0.15) is 5.69 Å². The van der Waals surface area contributed by atoms with Crippen molar-refractivity contribution in [3.8, 4) is 0 Å². The van der Waals surface area contributed by atoms with Crippen molar-refractivity contribution in [3.05, 3.63) is 33.6 Å². The van der Waals surface area contributed by atoms with Crippen molar-refractivity contribution >= 4 is 5.69 Å². The molecular formula is C9H13N3O2. The summed E-state index contributed by atoms with van der Waals surface area (Å²) in [5.41, 5.74) is 6.86. The number of nitrogens with two attached hydrogens (primary N) is 1. The van der Waals surface area contributed by atoms with E-state index in [2.05, 4.69) is 4.98 Å². The monoisotopic (exact) mass is 195 g/mol. The summed E-state index contributed by atoms with van der Waals surface area (Å²) in [6, 6.07) is 1.13. The number of hydrogen-bond acceptors (Lipinski definition) is 4. The number of nitrogens with zero attached hydrogens (tertiary/aromatic N) is 2. The van der Waals surface area contributed by atoms with E-state index in [0.717, 1.165) is 5.56 Å². The van der Waals surface area contributed by atoms with E-state index in [1.54, 1.807) is 13.1 Å². The SMILES string of the molecule is CC[C@H](N)c1ncc(C)cc1[N+](=O)[O-]. The van der Waals surface area contributed by atoms with Crippen LogP contribution in [0.3, 0.4) is 0 Å². The van der Waals surface area contributed by atoms with E-state index in [4.69, 9.17) is 5.73 Å². The molecule has 0 amide bonds. The Morgan fingerprint density at radius 3 is 2.86 bits per heavy atom. The summed E-state index contributed by atoms with van der Waals surface area (Å²) < 4.78 is 0. The summed E-state index contributed by atoms with van der Waals surface area (Å²) in [6.07, 6.45) is 2.23. The summed E-state index contributed by atoms with van der Waals surface area (Å²) in [5, 5.41) is 10.7. The molecule has 0 fully saturated rings. The fourth-order valence-corrected chi connectivity index (χ4v) is 1.19. The molecule has 1 rings (SSSR count). The number of nitro groups is 1. The number of hydrogen-bond donors (Lipinski definition) is 1. The summed E-state index contributed by atoms with van der Waals surface area (Å²) in [5.74, 6) is 0. The molecule has 0 spiro atoms. The van der Waals surface area contributed by atoms with Gasteiger partial charge in [0.15, 0.2) is 0 Å². The molecule has 1 atom stereocenters. The number of aromatic nitrogens is 1. The summed E-state index contributed by atoms with van der Waals surface area (Å²) in [7, 11) is 0. The fourth-order valence-electron chi connectivity index (χ4n) is 1.19. The second-order valence-electron chi connectivity index (χ2n) is 3.19. The Balaban J connectivity index is 3.21. The Bertz CT molecular complexity index is 352. The van der Waals surface area contributed by atoms with Crippen LogP contribution < -0.4 is 5.73 Å². The fraction of sp³-hybridized carbons (Fsp3) is 0.444. The van der Waals surface area contributed by atoms with Gasteiger partial charge >= 0.3 is 0 Å². The van der Waals surface area contributed by atoms with Gasteiger partial charge in [-0.3, -0.25) is 15.1 Å². The lowest BCUT2D eigenvalue weighted by Crippen LogP contribution is -2.13. The zero-order chi connectivity index (χ0) is 10.7. The first-order chi connectivity index (χ1) is 6.56. The van der Waals surface area contributed by atoms with Gasteiger partial charge in [-0.25, -0.2) is 0 Å². The van der Waals surface area contributed by atoms with E-state index in [1.165, 1.54) is 6.07 Å². The summed E-state index contributed by atoms with van der Waals surface area (Å²) in [4.78, 5) is 14.3. The molecule has 0 aliphatic carbocycles. The van der Waals surface area contributed by atoms with Crippen molar-refractivity contribution in [3.63, 3.8) is 0 Å². The number of rotatable bonds is 3. The van der Waals surface area contributed by atoms with Gasteiger partial charge in [0.05, 0.1) is 11.0 Å². The van der Waals surface area contributed by atoms with Crippen molar-refractivity contribution in [2.24, 2.45) is 5.73 Å². The smallest absolute Gasteiger partial charge is 0.292 e. The maximum atomic E-state index is 10.7. The van der Waals surface area contributed by atoms with E-state index in [0.29, 0.717) is 12.1 Å². The lowest BCUT2D eigenvalue weighted by atomic mass is 10.1. The lowest BCUT2D eigenvalue weighted by molar-refractivity contribution is -0.386. The average molecular weight is 195 g/mol. The quantitative estimate of drug-likeness (QED) is 0.588. The van der Waals surface area contributed by atoms with Gasteiger partial charge in [-0.15, -0.1) is 0 Å². The first kappa shape index (κ1) is 10.6. The van der Waals surface area contributed by atoms with Crippen LogP contribution in [0.2, 0.25) is 0 Å². The van der Waals surface area contributed by atoms with Crippen molar-refractivity contribution in [1.82, 2.24) is 4.98 Å². The predicted molar refractivity (Wildman–Crippen MR) is 52.8 cm³/mol. The number of aryl methyl sites for hydroxylation is 1. The van der Waals surface area contributed by atoms with Gasteiger partial charge in [0.25, 0.3) is 5.69 Å². The number of pyridine rings is 1. The van der Waals surface area contributed by atoms with E-state index < -0.39 is 4.92 Å². The van der Waals surface area contributed by atoms with Gasteiger partial charge in [0.2, 0.25) is 0 Å². The van der Waals surface area contributed by atoms with Crippen LogP contribution in [0.15, 0.2) is 12.3 Å². The van der Waals surface area contributed by atoms with Crippen LogP contribution in [0.5, 0.6) is 0 Å². The van der Waals surface area contributed by atoms with Crippen molar-refractivity contribution in [1.29, 1.82) is 0 Å². The van der Waals surface area contributed by atoms with Crippen LogP contribution in [0, 0.1) is 17.0 Å². The van der Waals surface area contributed by atoms with Crippen molar-refractivity contribution in [2.75, 3.05) is 0 Å². The maximum absolute atomic E-state index is 10.7. The minimum absolute atomic E-state index is 0.0133. The minimum atomic E-state index is -0.440. The van der Waals surface area contributed by atoms with Gasteiger partial charge in [-0.1, -0.05) is 6.92 Å². The van der Waals surface area contributed by atoms with E-state index in [-0.39, 0.29) is 11.7 Å². The van der Waals surface area contributed by atoms with Crippen LogP contribution in [0.4, 0.5) is 5.69 Å². The zero-order valence-corrected chi connectivity index (χ0v) is 8.23. The Kier molecular flexibility index (Phi) is 3.14. The topological polar surface area (TPSA) is 82.0 Å². The molecule has 76 valence electrons. The molecule has 0 bridgehead atoms. The predicted octanol–water partition coefficient (Wildman–Crippen LogP) is 1.71. The molecule has 0 saturated heterocycles. The molecule has 1 aromatic rings. The van der Waals surface area contributed by atoms with E-state index >= 15 is 0 Å². The summed E-state index contributed by atoms with van der Waals surface area (Å²) >= 11 is 0. The lowest BCUT2D eigenvalue weighted by Gasteiger charge is -2.08. The Morgan fingerprint density at radius 1 is 1.71 bits per heavy atom. The molecule has 1 heterocycles. The third-order valence-corrected chi connectivity index (χ3v) is 2.02. The maximum Gasteiger partial charge on any atom is 0.292 e. The zero-order valence-electron chi connectivity index (χ0n) is 8.23. The molecule has 2 N–H and O–H groups in total. The molecule has 0 aliphatic rings. The van der Waals surface area contributed by atoms with Gasteiger partial charge in [-0.05, 0) is 18.9 Å². The highest BCUT2D eigenvalue weighted by Gasteiger charge is 2.19. The molecule has 14 heavy (non-hydrogen) atoms. The molecule has 0 unspecified atom stereocenters. The highest BCUT2D eigenvalue weighted by molar-refractivity contribution is 5.39. The molecule has 0 aliphatic heterocycles. The molecule has 0 saturated carbocycles. The van der Waals surface area contributed by atoms with Crippen LogP contribution in [0.25, 0.3) is 0 Å². The molecule has 5 nitrogen and oxygen atoms in total. The Morgan fingerprint density at radius 2 is 2.36 bits per heavy atom. The largest absolute Gasteiger partial charge is 0.322 e. The van der Waals surface area contributed by atoms with Crippen LogP contribution in [-0.4, -0.2) is 9.91 Å². The Labute approximate surface area is 82.1 Å².